The molecule has 0 aliphatic carbocycles. The van der Waals surface area contributed by atoms with Crippen LogP contribution in [0.2, 0.25) is 0 Å². The second-order valence-electron chi connectivity index (χ2n) is 2.38. The van der Waals surface area contributed by atoms with Crippen LogP contribution in [0, 0.1) is 0 Å². The molecule has 0 saturated carbocycles. The van der Waals surface area contributed by atoms with Gasteiger partial charge in [0.1, 0.15) is 5.69 Å². The molecule has 0 bridgehead atoms. The van der Waals surface area contributed by atoms with E-state index in [0.29, 0.717) is 0 Å². The van der Waals surface area contributed by atoms with Crippen LogP contribution in [0.5, 0.6) is 11.5 Å². The Kier molecular flexibility index (Phi) is 9.45. The number of para-hydroxylation sites is 1. The Morgan fingerprint density at radius 1 is 1.11 bits per heavy atom. The minimum atomic E-state index is -4.67. The van der Waals surface area contributed by atoms with Crippen molar-refractivity contribution in [2.75, 3.05) is 11.9 Å². The summed E-state index contributed by atoms with van der Waals surface area (Å²) in [5.41, 5.74) is -0.273. The molecule has 18 heavy (non-hydrogen) atoms. The molecule has 0 amide bonds. The Labute approximate surface area is 106 Å². The zero-order chi connectivity index (χ0) is 14.9. The van der Waals surface area contributed by atoms with E-state index in [2.05, 4.69) is 9.24 Å². The van der Waals surface area contributed by atoms with E-state index in [1.807, 2.05) is 6.66 Å². The molecule has 0 aliphatic heterocycles. The van der Waals surface area contributed by atoms with E-state index in [0.717, 1.165) is 0 Å². The van der Waals surface area contributed by atoms with Crippen LogP contribution in [-0.2, 0) is 10.4 Å². The quantitative estimate of drug-likeness (QED) is 0.188. The number of rotatable bonds is 1. The smallest absolute Gasteiger partial charge is 0.394 e. The fourth-order valence-electron chi connectivity index (χ4n) is 0.681. The van der Waals surface area contributed by atoms with Crippen molar-refractivity contribution in [1.29, 1.82) is 0 Å². The molecule has 0 aromatic heterocycles. The normalized spacial score (nSPS) is 9.44. The number of phenolic OH excluding ortho intramolecular Hbond substituents is 2. The van der Waals surface area contributed by atoms with Gasteiger partial charge in [0, 0.05) is 0 Å². The van der Waals surface area contributed by atoms with Crippen molar-refractivity contribution in [1.82, 2.24) is 0 Å². The van der Waals surface area contributed by atoms with Crippen LogP contribution in [0.25, 0.3) is 0 Å². The van der Waals surface area contributed by atoms with Gasteiger partial charge in [-0.1, -0.05) is 12.7 Å². The highest BCUT2D eigenvalue weighted by Gasteiger charge is 2.08. The first-order valence-electron chi connectivity index (χ1n) is 4.09. The molecular weight excluding hydrogens is 289 g/mol. The van der Waals surface area contributed by atoms with Gasteiger partial charge in [0.15, 0.2) is 11.5 Å². The Morgan fingerprint density at radius 2 is 1.50 bits per heavy atom. The molecular formula is C7H14NO8PS. The van der Waals surface area contributed by atoms with E-state index < -0.39 is 21.9 Å². The number of hydrogen-bond acceptors (Lipinski definition) is 7. The minimum Gasteiger partial charge on any atom is -0.504 e. The first-order valence-corrected chi connectivity index (χ1v) is 6.64. The van der Waals surface area contributed by atoms with Crippen LogP contribution in [0.4, 0.5) is 5.69 Å². The molecule has 0 spiro atoms. The molecule has 0 fully saturated rings. The van der Waals surface area contributed by atoms with Gasteiger partial charge in [0.2, 0.25) is 0 Å². The highest BCUT2D eigenvalue weighted by molar-refractivity contribution is 7.79. The zero-order valence-corrected chi connectivity index (χ0v) is 11.1. The van der Waals surface area contributed by atoms with Crippen molar-refractivity contribution >= 4 is 25.3 Å². The molecule has 0 aliphatic rings. The third-order valence-electron chi connectivity index (χ3n) is 1.21. The van der Waals surface area contributed by atoms with Gasteiger partial charge in [-0.3, -0.25) is 19.5 Å². The largest absolute Gasteiger partial charge is 0.504 e. The average Bonchev–Trinajstić information content (AvgIpc) is 2.22. The van der Waals surface area contributed by atoms with Crippen molar-refractivity contribution in [3.8, 4) is 11.5 Å². The van der Waals surface area contributed by atoms with Crippen molar-refractivity contribution in [3.63, 3.8) is 0 Å². The summed E-state index contributed by atoms with van der Waals surface area (Å²) in [6.45, 7) is 1.92. The molecule has 0 saturated heterocycles. The maximum atomic E-state index is 8.96. The minimum absolute atomic E-state index is 0.269. The lowest BCUT2D eigenvalue weighted by molar-refractivity contribution is 0.0277. The van der Waals surface area contributed by atoms with E-state index in [1.165, 1.54) is 18.2 Å². The van der Waals surface area contributed by atoms with Crippen LogP contribution < -0.4 is 5.23 Å². The van der Waals surface area contributed by atoms with Crippen LogP contribution in [0.3, 0.4) is 0 Å². The van der Waals surface area contributed by atoms with E-state index >= 15 is 0 Å². The monoisotopic (exact) mass is 303 g/mol. The van der Waals surface area contributed by atoms with Gasteiger partial charge in [-0.2, -0.15) is 8.42 Å². The van der Waals surface area contributed by atoms with Gasteiger partial charge in [-0.15, -0.1) is 14.5 Å². The fourth-order valence-corrected chi connectivity index (χ4v) is 0.681. The lowest BCUT2D eigenvalue weighted by Gasteiger charge is -2.09. The van der Waals surface area contributed by atoms with Gasteiger partial charge < -0.3 is 10.2 Å². The van der Waals surface area contributed by atoms with Crippen LogP contribution in [-0.4, -0.2) is 44.8 Å². The van der Waals surface area contributed by atoms with Crippen molar-refractivity contribution in [3.05, 3.63) is 18.2 Å². The van der Waals surface area contributed by atoms with Crippen LogP contribution in [0.15, 0.2) is 18.2 Å². The lowest BCUT2D eigenvalue weighted by atomic mass is 10.3. The molecule has 1 aromatic rings. The van der Waals surface area contributed by atoms with Crippen molar-refractivity contribution < 1.29 is 38.2 Å². The highest BCUT2D eigenvalue weighted by Crippen LogP contribution is 2.33. The predicted octanol–water partition coefficient (Wildman–Crippen LogP) is 0.521. The summed E-state index contributed by atoms with van der Waals surface area (Å²) < 4.78 is 31.6. The summed E-state index contributed by atoms with van der Waals surface area (Å²) in [4.78, 5) is 0. The molecule has 1 rings (SSSR count). The predicted molar refractivity (Wildman–Crippen MR) is 65.6 cm³/mol. The Hall–Kier alpha value is -1.16. The molecule has 9 nitrogen and oxygen atoms in total. The summed E-state index contributed by atoms with van der Waals surface area (Å²) in [6.07, 6.45) is 0. The van der Waals surface area contributed by atoms with E-state index in [-0.39, 0.29) is 10.9 Å². The molecule has 6 N–H and O–H groups in total. The Balaban J connectivity index is 0. The zero-order valence-electron chi connectivity index (χ0n) is 9.16. The van der Waals surface area contributed by atoms with Gasteiger partial charge in [0.25, 0.3) is 0 Å². The third kappa shape index (κ3) is 10.0. The maximum Gasteiger partial charge on any atom is 0.394 e. The van der Waals surface area contributed by atoms with Crippen molar-refractivity contribution in [2.45, 2.75) is 0 Å². The maximum absolute atomic E-state index is 8.96. The first-order chi connectivity index (χ1) is 8.13. The van der Waals surface area contributed by atoms with Gasteiger partial charge in [-0.25, -0.2) is 0 Å². The van der Waals surface area contributed by atoms with Crippen LogP contribution in [0.1, 0.15) is 0 Å². The molecule has 0 heterocycles. The summed E-state index contributed by atoms with van der Waals surface area (Å²) in [5.74, 6) is -0.979. The average molecular weight is 303 g/mol. The molecule has 1 atom stereocenters. The number of anilines is 1. The lowest BCUT2D eigenvalue weighted by Crippen LogP contribution is -2.10. The second-order valence-corrected chi connectivity index (χ2v) is 3.28. The Bertz CT molecular complexity index is 441. The highest BCUT2D eigenvalue weighted by atomic mass is 32.3. The fraction of sp³-hybridized carbons (Fsp3) is 0.143. The number of benzene rings is 1. The molecule has 11 heteroatoms. The van der Waals surface area contributed by atoms with Gasteiger partial charge in [-0.05, 0) is 12.1 Å². The SMILES string of the molecule is CP.O=S(=O)(O)O.Oc1cccc(N(O)O)c1O. The van der Waals surface area contributed by atoms with E-state index in [9.17, 15) is 0 Å². The van der Waals surface area contributed by atoms with Gasteiger partial charge >= 0.3 is 10.4 Å². The molecule has 1 unspecified atom stereocenters. The number of aromatic hydroxyl groups is 2. The summed E-state index contributed by atoms with van der Waals surface area (Å²) in [7, 11) is -2.25. The number of hydrogen-bond donors (Lipinski definition) is 6. The van der Waals surface area contributed by atoms with E-state index in [4.69, 9.17) is 38.2 Å². The molecule has 1 aromatic carbocycles. The van der Waals surface area contributed by atoms with E-state index in [1.54, 1.807) is 0 Å². The summed E-state index contributed by atoms with van der Waals surface area (Å²) in [5, 5.41) is 34.4. The number of nitrogens with zero attached hydrogens (tertiary/aromatic N) is 1. The standard InChI is InChI=1S/C6H7NO4.CH5P.H2O4S/c8-5-3-1-2-4(6(5)9)7(10)11;1-2;1-5(2,3)4/h1-3,8-11H;2H2,1H3;(H2,1,2,3,4). The third-order valence-corrected chi connectivity index (χ3v) is 1.21. The molecule has 106 valence electrons. The topological polar surface area (TPSA) is 159 Å². The van der Waals surface area contributed by atoms with Crippen LogP contribution >= 0.6 is 9.24 Å². The molecule has 0 radical (unpaired) electrons. The first kappa shape index (κ1) is 19.2. The van der Waals surface area contributed by atoms with Crippen molar-refractivity contribution in [2.24, 2.45) is 0 Å². The summed E-state index contributed by atoms with van der Waals surface area (Å²) >= 11 is 0. The van der Waals surface area contributed by atoms with Gasteiger partial charge in [0.05, 0.1) is 0 Å². The summed E-state index contributed by atoms with van der Waals surface area (Å²) in [6, 6.07) is 3.82. The second kappa shape index (κ2) is 8.86. The Morgan fingerprint density at radius 3 is 1.78 bits per heavy atom. The number of phenols is 2.